The first-order valence-corrected chi connectivity index (χ1v) is 7.64. The number of nitrogens with zero attached hydrogens (tertiary/aromatic N) is 5. The minimum absolute atomic E-state index is 0.699. The number of nitrogens with one attached hydrogen (secondary N) is 1. The van der Waals surface area contributed by atoms with E-state index in [2.05, 4.69) is 48.9 Å². The van der Waals surface area contributed by atoms with Gasteiger partial charge in [-0.1, -0.05) is 18.2 Å². The van der Waals surface area contributed by atoms with Crippen molar-refractivity contribution >= 4 is 17.3 Å². The third-order valence-corrected chi connectivity index (χ3v) is 3.90. The van der Waals surface area contributed by atoms with Crippen molar-refractivity contribution < 1.29 is 0 Å². The summed E-state index contributed by atoms with van der Waals surface area (Å²) in [6.45, 7) is 5.48. The second kappa shape index (κ2) is 5.39. The number of rotatable bonds is 2. The summed E-state index contributed by atoms with van der Waals surface area (Å²) in [5, 5.41) is 7.16. The number of hydrogen-bond donors (Lipinski definition) is 1. The summed E-state index contributed by atoms with van der Waals surface area (Å²) in [5.74, 6) is 2.63. The molecule has 0 spiro atoms. The van der Waals surface area contributed by atoms with Gasteiger partial charge in [0.2, 0.25) is 0 Å². The van der Waals surface area contributed by atoms with Gasteiger partial charge in [0.25, 0.3) is 0 Å². The highest BCUT2D eigenvalue weighted by Crippen LogP contribution is 2.22. The maximum Gasteiger partial charge on any atom is 0.175 e. The molecular weight excluding hydrogens is 288 g/mol. The number of aliphatic imine (C=N–C) groups is 1. The third kappa shape index (κ3) is 2.63. The van der Waals surface area contributed by atoms with E-state index in [-0.39, 0.29) is 0 Å². The highest BCUT2D eigenvalue weighted by atomic mass is 15.3. The molecule has 1 aliphatic rings. The van der Waals surface area contributed by atoms with Crippen LogP contribution in [0.5, 0.6) is 0 Å². The smallest absolute Gasteiger partial charge is 0.175 e. The zero-order chi connectivity index (χ0) is 15.8. The van der Waals surface area contributed by atoms with Gasteiger partial charge in [0.05, 0.1) is 18.8 Å². The number of hydrogen-bond acceptors (Lipinski definition) is 4. The Labute approximate surface area is 134 Å². The van der Waals surface area contributed by atoms with Crippen molar-refractivity contribution in [1.82, 2.24) is 19.7 Å². The van der Waals surface area contributed by atoms with Crippen LogP contribution in [0.4, 0.5) is 11.5 Å². The lowest BCUT2D eigenvalue weighted by atomic mass is 10.2. The van der Waals surface area contributed by atoms with E-state index in [0.29, 0.717) is 5.82 Å². The average Bonchev–Trinajstić information content (AvgIpc) is 3.13. The van der Waals surface area contributed by atoms with E-state index in [1.54, 1.807) is 0 Å². The van der Waals surface area contributed by atoms with E-state index in [1.807, 2.05) is 32.2 Å². The number of anilines is 1. The van der Waals surface area contributed by atoms with Crippen molar-refractivity contribution in [2.75, 3.05) is 11.4 Å². The molecule has 6 heteroatoms. The molecule has 4 rings (SSSR count). The summed E-state index contributed by atoms with van der Waals surface area (Å²) in [7, 11) is 0. The van der Waals surface area contributed by atoms with Crippen LogP contribution in [0.25, 0.3) is 0 Å². The lowest BCUT2D eigenvalue weighted by molar-refractivity contribution is 0.752. The van der Waals surface area contributed by atoms with Gasteiger partial charge in [-0.25, -0.2) is 9.98 Å². The summed E-state index contributed by atoms with van der Waals surface area (Å²) in [6, 6.07) is 12.3. The van der Waals surface area contributed by atoms with E-state index in [4.69, 9.17) is 4.99 Å². The molecule has 1 aromatic carbocycles. The van der Waals surface area contributed by atoms with Gasteiger partial charge in [-0.2, -0.15) is 5.10 Å². The highest BCUT2D eigenvalue weighted by molar-refractivity contribution is 5.92. The fourth-order valence-electron chi connectivity index (χ4n) is 2.86. The quantitative estimate of drug-likeness (QED) is 0.792. The zero-order valence-electron chi connectivity index (χ0n) is 13.2. The molecule has 0 saturated heterocycles. The first kappa shape index (κ1) is 13.8. The van der Waals surface area contributed by atoms with E-state index in [0.717, 1.165) is 36.1 Å². The molecule has 3 aromatic rings. The molecule has 0 unspecified atom stereocenters. The van der Waals surface area contributed by atoms with Gasteiger partial charge in [-0.05, 0) is 26.0 Å². The molecule has 23 heavy (non-hydrogen) atoms. The molecule has 0 saturated carbocycles. The number of fused-ring (bicyclic) bond motifs is 1. The number of aromatic amines is 1. The molecular formula is C17H18N6. The summed E-state index contributed by atoms with van der Waals surface area (Å²) in [5.41, 5.74) is 3.17. The van der Waals surface area contributed by atoms with Crippen molar-refractivity contribution in [2.45, 2.75) is 20.4 Å². The van der Waals surface area contributed by atoms with Crippen LogP contribution in [0.2, 0.25) is 0 Å². The molecule has 0 fully saturated rings. The number of H-pyrrole nitrogens is 1. The van der Waals surface area contributed by atoms with Crippen molar-refractivity contribution in [3.63, 3.8) is 0 Å². The lowest BCUT2D eigenvalue weighted by Gasteiger charge is -2.30. The number of benzene rings is 1. The molecule has 1 aliphatic heterocycles. The molecule has 0 aliphatic carbocycles. The minimum atomic E-state index is 0.699. The molecule has 0 amide bonds. The van der Waals surface area contributed by atoms with Gasteiger partial charge in [-0.3, -0.25) is 9.67 Å². The first-order chi connectivity index (χ1) is 11.2. The Hall–Kier alpha value is -2.89. The van der Waals surface area contributed by atoms with Gasteiger partial charge in [0.15, 0.2) is 5.82 Å². The largest absolute Gasteiger partial charge is 0.357 e. The van der Waals surface area contributed by atoms with Crippen molar-refractivity contribution in [3.8, 4) is 0 Å². The Morgan fingerprint density at radius 3 is 2.70 bits per heavy atom. The Kier molecular flexibility index (Phi) is 3.22. The maximum absolute atomic E-state index is 4.72. The van der Waals surface area contributed by atoms with Crippen molar-refractivity contribution in [3.05, 3.63) is 59.8 Å². The molecule has 1 N–H and O–H groups in total. The molecule has 0 atom stereocenters. The average molecular weight is 306 g/mol. The number of imidazole rings is 1. The minimum Gasteiger partial charge on any atom is -0.357 e. The predicted octanol–water partition coefficient (Wildman–Crippen LogP) is 2.82. The van der Waals surface area contributed by atoms with Crippen LogP contribution in [0.1, 0.15) is 17.2 Å². The first-order valence-electron chi connectivity index (χ1n) is 7.64. The maximum atomic E-state index is 4.72. The summed E-state index contributed by atoms with van der Waals surface area (Å²) >= 11 is 0. The Balaban J connectivity index is 1.76. The van der Waals surface area contributed by atoms with Gasteiger partial charge in [0.1, 0.15) is 11.7 Å². The van der Waals surface area contributed by atoms with E-state index in [1.165, 1.54) is 5.69 Å². The number of aryl methyl sites for hydroxylation is 2. The molecule has 3 heterocycles. The van der Waals surface area contributed by atoms with E-state index < -0.39 is 0 Å². The third-order valence-electron chi connectivity index (χ3n) is 3.90. The normalized spacial score (nSPS) is 15.9. The Morgan fingerprint density at radius 2 is 1.96 bits per heavy atom. The van der Waals surface area contributed by atoms with Crippen LogP contribution in [0.3, 0.4) is 0 Å². The van der Waals surface area contributed by atoms with Crippen LogP contribution in [0, 0.1) is 13.8 Å². The summed E-state index contributed by atoms with van der Waals surface area (Å²) in [6.07, 6.45) is 2.04. The van der Waals surface area contributed by atoms with Crippen LogP contribution < -0.4 is 4.90 Å². The van der Waals surface area contributed by atoms with Gasteiger partial charge >= 0.3 is 0 Å². The monoisotopic (exact) mass is 306 g/mol. The van der Waals surface area contributed by atoms with Crippen LogP contribution >= 0.6 is 0 Å². The molecule has 116 valence electrons. The molecule has 6 nitrogen and oxygen atoms in total. The molecule has 2 aromatic heterocycles. The van der Waals surface area contributed by atoms with Crippen LogP contribution in [-0.2, 0) is 6.54 Å². The lowest BCUT2D eigenvalue weighted by Crippen LogP contribution is -2.39. The zero-order valence-corrected chi connectivity index (χ0v) is 13.2. The topological polar surface area (TPSA) is 62.1 Å². The van der Waals surface area contributed by atoms with Gasteiger partial charge in [0, 0.05) is 23.6 Å². The van der Waals surface area contributed by atoms with Gasteiger partial charge in [-0.15, -0.1) is 0 Å². The van der Waals surface area contributed by atoms with Gasteiger partial charge < -0.3 is 4.90 Å². The summed E-state index contributed by atoms with van der Waals surface area (Å²) < 4.78 is 2.08. The van der Waals surface area contributed by atoms with Crippen molar-refractivity contribution in [1.29, 1.82) is 0 Å². The van der Waals surface area contributed by atoms with Crippen molar-refractivity contribution in [2.24, 2.45) is 4.99 Å². The Bertz CT molecular complexity index is 858. The van der Waals surface area contributed by atoms with E-state index >= 15 is 0 Å². The second-order valence-electron chi connectivity index (χ2n) is 5.80. The predicted molar refractivity (Wildman–Crippen MR) is 90.3 cm³/mol. The highest BCUT2D eigenvalue weighted by Gasteiger charge is 2.23. The Morgan fingerprint density at radius 1 is 1.13 bits per heavy atom. The standard InChI is InChI=1S/C17H18N6/c1-12-8-15(21-20-12)19-17-11-22(14-6-4-3-5-7-14)10-16-18-13(2)9-23(16)17/h3-9H,10-11H2,1-2H3,(H,20,21). The number of aromatic nitrogens is 4. The second-order valence-corrected chi connectivity index (χ2v) is 5.80. The number of para-hydroxylation sites is 1. The van der Waals surface area contributed by atoms with E-state index in [9.17, 15) is 0 Å². The SMILES string of the molecule is Cc1cn2c(n1)CN(c1ccccc1)CC2=Nc1cc(C)[nH]n1. The molecule has 0 radical (unpaired) electrons. The van der Waals surface area contributed by atoms with Crippen LogP contribution in [-0.4, -0.2) is 32.1 Å². The van der Waals surface area contributed by atoms with Crippen LogP contribution in [0.15, 0.2) is 47.6 Å². The summed E-state index contributed by atoms with van der Waals surface area (Å²) in [4.78, 5) is 11.6. The fourth-order valence-corrected chi connectivity index (χ4v) is 2.86. The molecule has 0 bridgehead atoms. The fraction of sp³-hybridized carbons (Fsp3) is 0.235.